The van der Waals surface area contributed by atoms with Crippen molar-refractivity contribution >= 4 is 0 Å². The van der Waals surface area contributed by atoms with E-state index in [4.69, 9.17) is 11.0 Å². The largest absolute Gasteiger partial charge is 0.321 e. The van der Waals surface area contributed by atoms with Gasteiger partial charge in [0.05, 0.1) is 18.0 Å². The molecule has 2 N–H and O–H groups in total. The van der Waals surface area contributed by atoms with Crippen LogP contribution in [0.15, 0.2) is 24.3 Å². The second-order valence-corrected chi connectivity index (χ2v) is 3.57. The van der Waals surface area contributed by atoms with Crippen LogP contribution < -0.4 is 5.73 Å². The summed E-state index contributed by atoms with van der Waals surface area (Å²) in [5.41, 5.74) is 7.69. The molecule has 0 saturated carbocycles. The van der Waals surface area contributed by atoms with Crippen molar-refractivity contribution in [3.63, 3.8) is 0 Å². The Balaban J connectivity index is 3.08. The molecule has 0 aliphatic heterocycles. The van der Waals surface area contributed by atoms with Gasteiger partial charge < -0.3 is 5.73 Å². The summed E-state index contributed by atoms with van der Waals surface area (Å²) in [5.74, 6) is 0. The molecule has 0 bridgehead atoms. The van der Waals surface area contributed by atoms with Gasteiger partial charge in [0.2, 0.25) is 0 Å². The van der Waals surface area contributed by atoms with Crippen LogP contribution in [0.4, 0.5) is 0 Å². The van der Waals surface area contributed by atoms with Crippen LogP contribution in [0.2, 0.25) is 0 Å². The summed E-state index contributed by atoms with van der Waals surface area (Å²) in [7, 11) is 0. The second-order valence-electron chi connectivity index (χ2n) is 3.57. The molecule has 0 heterocycles. The topological polar surface area (TPSA) is 49.8 Å². The quantitative estimate of drug-likeness (QED) is 0.746. The van der Waals surface area contributed by atoms with E-state index in [9.17, 15) is 0 Å². The van der Waals surface area contributed by atoms with Gasteiger partial charge in [-0.05, 0) is 25.0 Å². The van der Waals surface area contributed by atoms with Gasteiger partial charge in [-0.2, -0.15) is 5.26 Å². The fraction of sp³-hybridized carbons (Fsp3) is 0.364. The molecule has 1 unspecified atom stereocenters. The van der Waals surface area contributed by atoms with Gasteiger partial charge in [0, 0.05) is 0 Å². The summed E-state index contributed by atoms with van der Waals surface area (Å²) >= 11 is 0. The number of nitrogens with zero attached hydrogens (tertiary/aromatic N) is 1. The van der Waals surface area contributed by atoms with Crippen molar-refractivity contribution in [2.24, 2.45) is 5.73 Å². The maximum Gasteiger partial charge on any atom is 0.0644 e. The third-order valence-electron chi connectivity index (χ3n) is 2.21. The second kappa shape index (κ2) is 3.59. The third-order valence-corrected chi connectivity index (χ3v) is 2.21. The van der Waals surface area contributed by atoms with E-state index in [0.29, 0.717) is 6.42 Å². The normalized spacial score (nSPS) is 14.6. The fourth-order valence-electron chi connectivity index (χ4n) is 1.47. The minimum absolute atomic E-state index is 0.345. The minimum atomic E-state index is -0.528. The summed E-state index contributed by atoms with van der Waals surface area (Å²) in [6.07, 6.45) is 0.345. The molecule has 0 spiro atoms. The molecule has 1 aromatic carbocycles. The van der Waals surface area contributed by atoms with Crippen molar-refractivity contribution in [2.45, 2.75) is 25.8 Å². The monoisotopic (exact) mass is 174 g/mol. The van der Waals surface area contributed by atoms with E-state index in [0.717, 1.165) is 11.1 Å². The number of hydrogen-bond acceptors (Lipinski definition) is 2. The molecule has 13 heavy (non-hydrogen) atoms. The first-order valence-corrected chi connectivity index (χ1v) is 4.30. The molecule has 1 aromatic rings. The zero-order chi connectivity index (χ0) is 9.90. The summed E-state index contributed by atoms with van der Waals surface area (Å²) in [4.78, 5) is 0. The van der Waals surface area contributed by atoms with Crippen molar-refractivity contribution in [3.05, 3.63) is 35.4 Å². The Morgan fingerprint density at radius 3 is 2.62 bits per heavy atom. The summed E-state index contributed by atoms with van der Waals surface area (Å²) in [6.45, 7) is 3.90. The highest BCUT2D eigenvalue weighted by Gasteiger charge is 2.21. The molecular weight excluding hydrogens is 160 g/mol. The van der Waals surface area contributed by atoms with Gasteiger partial charge in [-0.3, -0.25) is 0 Å². The molecule has 2 nitrogen and oxygen atoms in total. The van der Waals surface area contributed by atoms with Gasteiger partial charge in [0.15, 0.2) is 0 Å². The minimum Gasteiger partial charge on any atom is -0.321 e. The first-order valence-electron chi connectivity index (χ1n) is 4.30. The van der Waals surface area contributed by atoms with Crippen LogP contribution in [-0.4, -0.2) is 0 Å². The summed E-state index contributed by atoms with van der Waals surface area (Å²) in [5, 5.41) is 8.62. The molecule has 0 aliphatic carbocycles. The first kappa shape index (κ1) is 9.76. The highest BCUT2D eigenvalue weighted by Crippen LogP contribution is 2.23. The van der Waals surface area contributed by atoms with Crippen molar-refractivity contribution in [2.75, 3.05) is 0 Å². The third kappa shape index (κ3) is 2.07. The van der Waals surface area contributed by atoms with Gasteiger partial charge in [0.1, 0.15) is 0 Å². The Hall–Kier alpha value is -1.33. The Labute approximate surface area is 79.0 Å². The Kier molecular flexibility index (Phi) is 2.69. The lowest BCUT2D eigenvalue weighted by Crippen LogP contribution is -2.33. The van der Waals surface area contributed by atoms with Crippen molar-refractivity contribution in [1.29, 1.82) is 5.26 Å². The number of aryl methyl sites for hydroxylation is 1. The van der Waals surface area contributed by atoms with Crippen LogP contribution in [-0.2, 0) is 5.54 Å². The van der Waals surface area contributed by atoms with Crippen LogP contribution in [0, 0.1) is 18.3 Å². The predicted octanol–water partition coefficient (Wildman–Crippen LogP) is 2.08. The SMILES string of the molecule is Cc1ccccc1C(C)(N)CC#N. The van der Waals surface area contributed by atoms with Crippen molar-refractivity contribution in [3.8, 4) is 6.07 Å². The summed E-state index contributed by atoms with van der Waals surface area (Å²) < 4.78 is 0. The predicted molar refractivity (Wildman–Crippen MR) is 52.9 cm³/mol. The molecule has 2 heteroatoms. The number of nitrogens with two attached hydrogens (primary N) is 1. The average molecular weight is 174 g/mol. The van der Waals surface area contributed by atoms with Gasteiger partial charge in [-0.1, -0.05) is 24.3 Å². The van der Waals surface area contributed by atoms with Crippen molar-refractivity contribution in [1.82, 2.24) is 0 Å². The Morgan fingerprint density at radius 2 is 2.08 bits per heavy atom. The van der Waals surface area contributed by atoms with E-state index in [2.05, 4.69) is 6.07 Å². The van der Waals surface area contributed by atoms with Crippen LogP contribution in [0.25, 0.3) is 0 Å². The Morgan fingerprint density at radius 1 is 1.46 bits per heavy atom. The standard InChI is InChI=1S/C11H14N2/c1-9-5-3-4-6-10(9)11(2,13)7-8-12/h3-6H,7,13H2,1-2H3. The zero-order valence-corrected chi connectivity index (χ0v) is 8.04. The molecule has 0 aromatic heterocycles. The molecule has 1 atom stereocenters. The van der Waals surface area contributed by atoms with E-state index in [1.807, 2.05) is 38.1 Å². The van der Waals surface area contributed by atoms with E-state index < -0.39 is 5.54 Å². The van der Waals surface area contributed by atoms with Gasteiger partial charge >= 0.3 is 0 Å². The van der Waals surface area contributed by atoms with Gasteiger partial charge in [-0.25, -0.2) is 0 Å². The lowest BCUT2D eigenvalue weighted by atomic mass is 9.87. The van der Waals surface area contributed by atoms with E-state index in [-0.39, 0.29) is 0 Å². The number of nitriles is 1. The van der Waals surface area contributed by atoms with Crippen LogP contribution >= 0.6 is 0 Å². The van der Waals surface area contributed by atoms with Crippen LogP contribution in [0.3, 0.4) is 0 Å². The van der Waals surface area contributed by atoms with Gasteiger partial charge in [0.25, 0.3) is 0 Å². The van der Waals surface area contributed by atoms with E-state index >= 15 is 0 Å². The molecule has 0 fully saturated rings. The number of hydrogen-bond donors (Lipinski definition) is 1. The van der Waals surface area contributed by atoms with Crippen LogP contribution in [0.5, 0.6) is 0 Å². The maximum atomic E-state index is 8.62. The first-order chi connectivity index (χ1) is 6.08. The molecule has 1 rings (SSSR count). The molecule has 0 saturated heterocycles. The molecular formula is C11H14N2. The number of rotatable bonds is 2. The molecule has 0 amide bonds. The van der Waals surface area contributed by atoms with Gasteiger partial charge in [-0.15, -0.1) is 0 Å². The lowest BCUT2D eigenvalue weighted by Gasteiger charge is -2.23. The fourth-order valence-corrected chi connectivity index (χ4v) is 1.47. The van der Waals surface area contributed by atoms with Crippen molar-refractivity contribution < 1.29 is 0 Å². The molecule has 0 radical (unpaired) electrons. The number of benzene rings is 1. The van der Waals surface area contributed by atoms with E-state index in [1.54, 1.807) is 0 Å². The summed E-state index contributed by atoms with van der Waals surface area (Å²) in [6, 6.07) is 10.0. The smallest absolute Gasteiger partial charge is 0.0644 e. The lowest BCUT2D eigenvalue weighted by molar-refractivity contribution is 0.504. The maximum absolute atomic E-state index is 8.62. The zero-order valence-electron chi connectivity index (χ0n) is 8.04. The molecule has 0 aliphatic rings. The highest BCUT2D eigenvalue weighted by atomic mass is 14.7. The Bertz CT molecular complexity index is 334. The average Bonchev–Trinajstić information content (AvgIpc) is 2.04. The van der Waals surface area contributed by atoms with E-state index in [1.165, 1.54) is 0 Å². The highest BCUT2D eigenvalue weighted by molar-refractivity contribution is 5.32. The molecule has 68 valence electrons. The van der Waals surface area contributed by atoms with Crippen LogP contribution in [0.1, 0.15) is 24.5 Å².